The molecule has 0 radical (unpaired) electrons. The van der Waals surface area contributed by atoms with Gasteiger partial charge in [0.2, 0.25) is 10.0 Å². The van der Waals surface area contributed by atoms with Crippen molar-refractivity contribution in [3.63, 3.8) is 0 Å². The highest BCUT2D eigenvalue weighted by molar-refractivity contribution is 7.92. The van der Waals surface area contributed by atoms with Crippen molar-refractivity contribution in [3.8, 4) is 0 Å². The second kappa shape index (κ2) is 5.63. The Balaban J connectivity index is 2.81. The Kier molecular flexibility index (Phi) is 4.92. The highest BCUT2D eigenvalue weighted by Crippen LogP contribution is 2.28. The van der Waals surface area contributed by atoms with Crippen LogP contribution in [-0.2, 0) is 10.0 Å². The van der Waals surface area contributed by atoms with Gasteiger partial charge in [0.1, 0.15) is 5.25 Å². The fourth-order valence-electron chi connectivity index (χ4n) is 2.34. The molecule has 0 aromatic rings. The van der Waals surface area contributed by atoms with E-state index < -0.39 is 15.3 Å². The second-order valence-electron chi connectivity index (χ2n) is 5.03. The van der Waals surface area contributed by atoms with Crippen LogP contribution in [0.2, 0.25) is 0 Å². The topological polar surface area (TPSA) is 63.4 Å². The van der Waals surface area contributed by atoms with Crippen molar-refractivity contribution in [1.29, 1.82) is 0 Å². The van der Waals surface area contributed by atoms with Crippen molar-refractivity contribution in [2.24, 2.45) is 11.7 Å². The van der Waals surface area contributed by atoms with Crippen molar-refractivity contribution in [1.82, 2.24) is 4.31 Å². The summed E-state index contributed by atoms with van der Waals surface area (Å²) < 4.78 is 26.0. The number of rotatable bonds is 4. The van der Waals surface area contributed by atoms with E-state index in [2.05, 4.69) is 6.92 Å². The van der Waals surface area contributed by atoms with E-state index in [0.29, 0.717) is 5.92 Å². The molecule has 0 aromatic carbocycles. The summed E-state index contributed by atoms with van der Waals surface area (Å²) >= 11 is 4.78. The largest absolute Gasteiger partial charge is 0.392 e. The van der Waals surface area contributed by atoms with E-state index in [0.717, 1.165) is 19.3 Å². The van der Waals surface area contributed by atoms with Crippen LogP contribution in [0.1, 0.15) is 39.5 Å². The highest BCUT2D eigenvalue weighted by atomic mass is 32.2. The molecule has 4 nitrogen and oxygen atoms in total. The lowest BCUT2D eigenvalue weighted by Gasteiger charge is -2.34. The van der Waals surface area contributed by atoms with Gasteiger partial charge in [-0.3, -0.25) is 0 Å². The molecule has 6 heteroatoms. The van der Waals surface area contributed by atoms with Gasteiger partial charge in [-0.25, -0.2) is 12.7 Å². The van der Waals surface area contributed by atoms with Gasteiger partial charge < -0.3 is 5.73 Å². The Bertz CT molecular complexity index is 381. The van der Waals surface area contributed by atoms with Gasteiger partial charge in [0.25, 0.3) is 0 Å². The third-order valence-corrected chi connectivity index (χ3v) is 6.42. The van der Waals surface area contributed by atoms with Crippen LogP contribution in [0.25, 0.3) is 0 Å². The number of nitrogens with zero attached hydrogens (tertiary/aromatic N) is 1. The summed E-state index contributed by atoms with van der Waals surface area (Å²) in [6, 6.07) is 0.0977. The lowest BCUT2D eigenvalue weighted by atomic mass is 9.87. The van der Waals surface area contributed by atoms with Crippen LogP contribution in [-0.4, -0.2) is 36.1 Å². The molecule has 0 spiro atoms. The molecule has 1 rings (SSSR count). The maximum Gasteiger partial charge on any atom is 0.223 e. The summed E-state index contributed by atoms with van der Waals surface area (Å²) in [5.41, 5.74) is 5.44. The Labute approximate surface area is 110 Å². The van der Waals surface area contributed by atoms with Crippen LogP contribution in [0.5, 0.6) is 0 Å². The summed E-state index contributed by atoms with van der Waals surface area (Å²) in [6.45, 7) is 3.73. The third kappa shape index (κ3) is 3.39. The lowest BCUT2D eigenvalue weighted by molar-refractivity contribution is 0.238. The van der Waals surface area contributed by atoms with Crippen molar-refractivity contribution in [3.05, 3.63) is 0 Å². The van der Waals surface area contributed by atoms with Crippen LogP contribution in [0.3, 0.4) is 0 Å². The molecule has 1 aliphatic rings. The maximum absolute atomic E-state index is 12.2. The van der Waals surface area contributed by atoms with Crippen LogP contribution in [0, 0.1) is 5.92 Å². The molecule has 0 bridgehead atoms. The molecule has 0 aromatic heterocycles. The van der Waals surface area contributed by atoms with Crippen molar-refractivity contribution >= 4 is 27.2 Å². The van der Waals surface area contributed by atoms with E-state index in [4.69, 9.17) is 18.0 Å². The molecular formula is C11H22N2O2S2. The first-order valence-electron chi connectivity index (χ1n) is 6.03. The first kappa shape index (κ1) is 14.9. The quantitative estimate of drug-likeness (QED) is 0.792. The Morgan fingerprint density at radius 3 is 2.53 bits per heavy atom. The standard InChI is InChI=1S/C11H22N2O2S2/c1-8-5-4-6-10(7-8)13(3)17(14,15)9(2)11(12)16/h8-10H,4-7H2,1-3H3,(H2,12,16). The number of hydrogen-bond acceptors (Lipinski definition) is 3. The van der Waals surface area contributed by atoms with Gasteiger partial charge in [0.15, 0.2) is 0 Å². The Hall–Kier alpha value is -0.200. The van der Waals surface area contributed by atoms with Crippen molar-refractivity contribution in [2.45, 2.75) is 50.8 Å². The van der Waals surface area contributed by atoms with Gasteiger partial charge in [-0.05, 0) is 25.7 Å². The summed E-state index contributed by atoms with van der Waals surface area (Å²) in [4.78, 5) is 0.0423. The zero-order valence-corrected chi connectivity index (χ0v) is 12.4. The zero-order chi connectivity index (χ0) is 13.2. The third-order valence-electron chi connectivity index (χ3n) is 3.67. The molecule has 17 heavy (non-hydrogen) atoms. The average molecular weight is 278 g/mol. The summed E-state index contributed by atoms with van der Waals surface area (Å²) in [6.07, 6.45) is 4.15. The molecule has 1 saturated carbocycles. The lowest BCUT2D eigenvalue weighted by Crippen LogP contribution is -2.46. The van der Waals surface area contributed by atoms with Crippen LogP contribution >= 0.6 is 12.2 Å². The Morgan fingerprint density at radius 2 is 2.06 bits per heavy atom. The molecule has 1 fully saturated rings. The van der Waals surface area contributed by atoms with Gasteiger partial charge in [0, 0.05) is 13.1 Å². The van der Waals surface area contributed by atoms with Gasteiger partial charge in [-0.15, -0.1) is 0 Å². The minimum Gasteiger partial charge on any atom is -0.392 e. The van der Waals surface area contributed by atoms with Crippen LogP contribution in [0.15, 0.2) is 0 Å². The molecule has 100 valence electrons. The predicted molar refractivity (Wildman–Crippen MR) is 74.4 cm³/mol. The fourth-order valence-corrected chi connectivity index (χ4v) is 4.10. The normalized spacial score (nSPS) is 28.0. The van der Waals surface area contributed by atoms with E-state index in [-0.39, 0.29) is 11.0 Å². The van der Waals surface area contributed by atoms with Crippen LogP contribution < -0.4 is 5.73 Å². The molecule has 0 heterocycles. The number of hydrogen-bond donors (Lipinski definition) is 1. The number of thiocarbonyl (C=S) groups is 1. The number of nitrogens with two attached hydrogens (primary N) is 1. The maximum atomic E-state index is 12.2. The minimum absolute atomic E-state index is 0.0423. The SMILES string of the molecule is CC1CCCC(N(C)S(=O)(=O)C(C)C(N)=S)C1. The smallest absolute Gasteiger partial charge is 0.223 e. The van der Waals surface area contributed by atoms with E-state index in [1.165, 1.54) is 10.7 Å². The Morgan fingerprint density at radius 1 is 1.47 bits per heavy atom. The molecule has 3 unspecified atom stereocenters. The van der Waals surface area contributed by atoms with Gasteiger partial charge in [-0.1, -0.05) is 32.0 Å². The molecule has 1 aliphatic carbocycles. The first-order chi connectivity index (χ1) is 7.76. The minimum atomic E-state index is -3.39. The fraction of sp³-hybridized carbons (Fsp3) is 0.909. The van der Waals surface area contributed by atoms with Gasteiger partial charge >= 0.3 is 0 Å². The van der Waals surface area contributed by atoms with E-state index in [9.17, 15) is 8.42 Å². The zero-order valence-electron chi connectivity index (χ0n) is 10.7. The number of sulfonamides is 1. The molecule has 0 amide bonds. The summed E-state index contributed by atoms with van der Waals surface area (Å²) in [5.74, 6) is 0.589. The molecule has 2 N–H and O–H groups in total. The van der Waals surface area contributed by atoms with Crippen molar-refractivity contribution in [2.75, 3.05) is 7.05 Å². The van der Waals surface area contributed by atoms with Gasteiger partial charge in [-0.2, -0.15) is 0 Å². The average Bonchev–Trinajstić information content (AvgIpc) is 2.26. The monoisotopic (exact) mass is 278 g/mol. The first-order valence-corrected chi connectivity index (χ1v) is 7.94. The van der Waals surface area contributed by atoms with E-state index in [1.54, 1.807) is 14.0 Å². The molecule has 0 aliphatic heterocycles. The van der Waals surface area contributed by atoms with Crippen molar-refractivity contribution < 1.29 is 8.42 Å². The summed E-state index contributed by atoms with van der Waals surface area (Å²) in [7, 11) is -1.75. The molecule has 0 saturated heterocycles. The predicted octanol–water partition coefficient (Wildman–Crippen LogP) is 1.50. The van der Waals surface area contributed by atoms with Gasteiger partial charge in [0.05, 0.1) is 4.99 Å². The summed E-state index contributed by atoms with van der Waals surface area (Å²) in [5, 5.41) is -0.778. The second-order valence-corrected chi connectivity index (χ2v) is 7.82. The molecule has 3 atom stereocenters. The van der Waals surface area contributed by atoms with Crippen LogP contribution in [0.4, 0.5) is 0 Å². The highest BCUT2D eigenvalue weighted by Gasteiger charge is 2.34. The van der Waals surface area contributed by atoms with E-state index in [1.807, 2.05) is 0 Å². The van der Waals surface area contributed by atoms with E-state index >= 15 is 0 Å². The molecular weight excluding hydrogens is 256 g/mol.